The molecule has 0 amide bonds. The van der Waals surface area contributed by atoms with E-state index in [1.165, 1.54) is 11.3 Å². The fourth-order valence-corrected chi connectivity index (χ4v) is 3.55. The fraction of sp³-hybridized carbons (Fsp3) is 0.231. The van der Waals surface area contributed by atoms with Gasteiger partial charge < -0.3 is 9.64 Å². The smallest absolute Gasteiger partial charge is 0.265 e. The number of benzene rings is 2. The number of hydrogen-bond acceptors (Lipinski definition) is 3. The highest BCUT2D eigenvalue weighted by atomic mass is 16.5. The highest BCUT2D eigenvalue weighted by Gasteiger charge is 2.22. The molecule has 0 aliphatic carbocycles. The first-order chi connectivity index (χ1) is 14.5. The molecule has 0 radical (unpaired) electrons. The van der Waals surface area contributed by atoms with E-state index in [0.717, 1.165) is 17.5 Å². The standard InChI is InChI=1S/C26H25N3O/c1-5-20-15-19(12-14-25(20)29(3)4)11-13-23-16-22(24(18-27)28-2)17-26(30-23)21-9-7-6-8-10-21/h6-16,26H,5,17H2,1,3-4H3/b13-11+,24-22+. The molecule has 3 rings (SSSR count). The van der Waals surface area contributed by atoms with Crippen molar-refractivity contribution in [2.75, 3.05) is 19.0 Å². The second-order valence-electron chi connectivity index (χ2n) is 7.33. The molecule has 2 aromatic rings. The molecule has 4 heteroatoms. The average Bonchev–Trinajstić information content (AvgIpc) is 2.78. The molecule has 0 fully saturated rings. The van der Waals surface area contributed by atoms with E-state index >= 15 is 0 Å². The molecule has 1 aliphatic rings. The molecule has 150 valence electrons. The summed E-state index contributed by atoms with van der Waals surface area (Å²) >= 11 is 0. The van der Waals surface area contributed by atoms with Gasteiger partial charge in [-0.1, -0.05) is 49.4 Å². The van der Waals surface area contributed by atoms with E-state index in [2.05, 4.69) is 34.9 Å². The van der Waals surface area contributed by atoms with Gasteiger partial charge in [0, 0.05) is 26.2 Å². The Hall–Kier alpha value is -3.76. The maximum atomic E-state index is 9.34. The first kappa shape index (κ1) is 21.0. The molecular weight excluding hydrogens is 370 g/mol. The zero-order valence-electron chi connectivity index (χ0n) is 17.6. The Balaban J connectivity index is 1.94. The second kappa shape index (κ2) is 9.63. The summed E-state index contributed by atoms with van der Waals surface area (Å²) in [6.45, 7) is 9.47. The third kappa shape index (κ3) is 4.80. The van der Waals surface area contributed by atoms with E-state index in [1.54, 1.807) is 6.08 Å². The first-order valence-corrected chi connectivity index (χ1v) is 9.98. The number of aryl methyl sites for hydroxylation is 1. The number of nitrogens with zero attached hydrogens (tertiary/aromatic N) is 3. The Labute approximate surface area is 178 Å². The van der Waals surface area contributed by atoms with Crippen LogP contribution in [0.3, 0.4) is 0 Å². The molecule has 2 aromatic carbocycles. The number of allylic oxidation sites excluding steroid dienone is 3. The summed E-state index contributed by atoms with van der Waals surface area (Å²) < 4.78 is 6.20. The molecule has 1 atom stereocenters. The van der Waals surface area contributed by atoms with E-state index in [1.807, 2.05) is 62.6 Å². The van der Waals surface area contributed by atoms with Crippen molar-refractivity contribution >= 4 is 11.8 Å². The van der Waals surface area contributed by atoms with Crippen LogP contribution in [-0.2, 0) is 11.2 Å². The van der Waals surface area contributed by atoms with Gasteiger partial charge >= 0.3 is 0 Å². The number of ether oxygens (including phenoxy) is 1. The van der Waals surface area contributed by atoms with Crippen LogP contribution in [0.4, 0.5) is 5.69 Å². The van der Waals surface area contributed by atoms with Crippen molar-refractivity contribution in [2.45, 2.75) is 25.9 Å². The molecule has 0 saturated carbocycles. The van der Waals surface area contributed by atoms with Crippen molar-refractivity contribution in [1.29, 1.82) is 5.26 Å². The summed E-state index contributed by atoms with van der Waals surface area (Å²) in [6, 6.07) is 18.3. The summed E-state index contributed by atoms with van der Waals surface area (Å²) in [5.41, 5.74) is 5.44. The lowest BCUT2D eigenvalue weighted by Gasteiger charge is -2.25. The van der Waals surface area contributed by atoms with Crippen LogP contribution in [0.15, 0.2) is 77.7 Å². The molecule has 0 spiro atoms. The van der Waals surface area contributed by atoms with Gasteiger partial charge in [-0.25, -0.2) is 10.1 Å². The monoisotopic (exact) mass is 395 g/mol. The Morgan fingerprint density at radius 2 is 2.00 bits per heavy atom. The Morgan fingerprint density at radius 3 is 2.63 bits per heavy atom. The van der Waals surface area contributed by atoms with E-state index in [4.69, 9.17) is 11.3 Å². The molecule has 30 heavy (non-hydrogen) atoms. The third-order valence-electron chi connectivity index (χ3n) is 5.10. The maximum Gasteiger partial charge on any atom is 0.265 e. The summed E-state index contributed by atoms with van der Waals surface area (Å²) in [5, 5.41) is 9.34. The van der Waals surface area contributed by atoms with Crippen molar-refractivity contribution in [3.8, 4) is 6.07 Å². The van der Waals surface area contributed by atoms with Gasteiger partial charge in [-0.15, -0.1) is 0 Å². The highest BCUT2D eigenvalue weighted by molar-refractivity contribution is 5.62. The van der Waals surface area contributed by atoms with Crippen LogP contribution < -0.4 is 4.90 Å². The van der Waals surface area contributed by atoms with E-state index in [9.17, 15) is 5.26 Å². The predicted octanol–water partition coefficient (Wildman–Crippen LogP) is 6.07. The minimum atomic E-state index is -0.224. The van der Waals surface area contributed by atoms with Crippen LogP contribution in [0.25, 0.3) is 10.9 Å². The summed E-state index contributed by atoms with van der Waals surface area (Å²) in [6.07, 6.45) is 6.97. The number of nitriles is 1. The van der Waals surface area contributed by atoms with Gasteiger partial charge in [-0.05, 0) is 53.0 Å². The molecule has 0 aromatic heterocycles. The van der Waals surface area contributed by atoms with Gasteiger partial charge in [0.05, 0.1) is 12.6 Å². The Bertz CT molecular complexity index is 1060. The zero-order valence-corrected chi connectivity index (χ0v) is 17.6. The first-order valence-electron chi connectivity index (χ1n) is 9.98. The van der Waals surface area contributed by atoms with Gasteiger partial charge in [-0.3, -0.25) is 0 Å². The average molecular weight is 396 g/mol. The van der Waals surface area contributed by atoms with E-state index in [-0.39, 0.29) is 11.8 Å². The van der Waals surface area contributed by atoms with Crippen LogP contribution in [0.5, 0.6) is 0 Å². The highest BCUT2D eigenvalue weighted by Crippen LogP contribution is 2.35. The Morgan fingerprint density at radius 1 is 1.23 bits per heavy atom. The van der Waals surface area contributed by atoms with Crippen LogP contribution in [0, 0.1) is 17.9 Å². The van der Waals surface area contributed by atoms with Crippen LogP contribution in [0.1, 0.15) is 36.1 Å². The summed E-state index contributed by atoms with van der Waals surface area (Å²) in [4.78, 5) is 5.52. The lowest BCUT2D eigenvalue weighted by atomic mass is 9.97. The van der Waals surface area contributed by atoms with Crippen LogP contribution in [0.2, 0.25) is 0 Å². The van der Waals surface area contributed by atoms with Crippen molar-refractivity contribution in [2.24, 2.45) is 0 Å². The largest absolute Gasteiger partial charge is 0.485 e. The minimum absolute atomic E-state index is 0.119. The van der Waals surface area contributed by atoms with Crippen molar-refractivity contribution in [1.82, 2.24) is 0 Å². The van der Waals surface area contributed by atoms with Crippen molar-refractivity contribution in [3.05, 3.63) is 106 Å². The lowest BCUT2D eigenvalue weighted by Crippen LogP contribution is -2.11. The van der Waals surface area contributed by atoms with Gasteiger partial charge in [0.2, 0.25) is 0 Å². The molecule has 0 saturated heterocycles. The predicted molar refractivity (Wildman–Crippen MR) is 121 cm³/mol. The van der Waals surface area contributed by atoms with Crippen molar-refractivity contribution < 1.29 is 4.74 Å². The topological polar surface area (TPSA) is 40.6 Å². The van der Waals surface area contributed by atoms with Gasteiger partial charge in [-0.2, -0.15) is 0 Å². The number of anilines is 1. The molecular formula is C26H25N3O. The molecule has 4 nitrogen and oxygen atoms in total. The minimum Gasteiger partial charge on any atom is -0.485 e. The third-order valence-corrected chi connectivity index (χ3v) is 5.10. The zero-order chi connectivity index (χ0) is 21.5. The summed E-state index contributed by atoms with van der Waals surface area (Å²) in [7, 11) is 4.10. The molecule has 0 N–H and O–H groups in total. The van der Waals surface area contributed by atoms with Gasteiger partial charge in [0.15, 0.2) is 0 Å². The Kier molecular flexibility index (Phi) is 6.73. The second-order valence-corrected chi connectivity index (χ2v) is 7.33. The quantitative estimate of drug-likeness (QED) is 0.456. The van der Waals surface area contributed by atoms with Crippen LogP contribution >= 0.6 is 0 Å². The molecule has 1 unspecified atom stereocenters. The lowest BCUT2D eigenvalue weighted by molar-refractivity contribution is 0.118. The van der Waals surface area contributed by atoms with Gasteiger partial charge in [0.1, 0.15) is 11.9 Å². The summed E-state index contributed by atoms with van der Waals surface area (Å²) in [5.74, 6) is 0.649. The van der Waals surface area contributed by atoms with E-state index < -0.39 is 0 Å². The SMILES string of the molecule is [C-]#[N+]/C(C#N)=C1C=C(/C=C/c2ccc(N(C)C)c(CC)c2)OC(c2ccccc2)C\1. The van der Waals surface area contributed by atoms with Crippen LogP contribution in [-0.4, -0.2) is 14.1 Å². The fourth-order valence-electron chi connectivity index (χ4n) is 3.55. The molecule has 1 heterocycles. The van der Waals surface area contributed by atoms with Gasteiger partial charge in [0.25, 0.3) is 5.70 Å². The van der Waals surface area contributed by atoms with E-state index in [0.29, 0.717) is 17.8 Å². The normalized spacial score (nSPS) is 17.5. The number of hydrogen-bond donors (Lipinski definition) is 0. The maximum absolute atomic E-state index is 9.34. The van der Waals surface area contributed by atoms with Crippen molar-refractivity contribution in [3.63, 3.8) is 0 Å². The molecule has 1 aliphatic heterocycles. The number of rotatable bonds is 5. The molecule has 0 bridgehead atoms.